The van der Waals surface area contributed by atoms with Crippen molar-refractivity contribution in [3.63, 3.8) is 0 Å². The SMILES string of the molecule is CC(C)(C)C1OC1C(O)c1ccc(F)cc1. The summed E-state index contributed by atoms with van der Waals surface area (Å²) >= 11 is 0. The minimum atomic E-state index is -0.662. The third-order valence-corrected chi connectivity index (χ3v) is 2.90. The van der Waals surface area contributed by atoms with Crippen LogP contribution in [0.4, 0.5) is 4.39 Å². The molecule has 0 bridgehead atoms. The third kappa shape index (κ3) is 2.25. The predicted octanol–water partition coefficient (Wildman–Crippen LogP) is 2.67. The molecular weight excluding hydrogens is 207 g/mol. The van der Waals surface area contributed by atoms with Crippen LogP contribution in [0, 0.1) is 11.2 Å². The summed E-state index contributed by atoms with van der Waals surface area (Å²) in [6.07, 6.45) is -0.747. The van der Waals surface area contributed by atoms with Crippen molar-refractivity contribution in [3.05, 3.63) is 35.6 Å². The molecule has 1 saturated heterocycles. The number of halogens is 1. The fraction of sp³-hybridized carbons (Fsp3) is 0.538. The van der Waals surface area contributed by atoms with Gasteiger partial charge in [0.25, 0.3) is 0 Å². The first-order chi connectivity index (χ1) is 7.39. The zero-order chi connectivity index (χ0) is 11.9. The largest absolute Gasteiger partial charge is 0.386 e. The van der Waals surface area contributed by atoms with Crippen molar-refractivity contribution in [3.8, 4) is 0 Å². The monoisotopic (exact) mass is 224 g/mol. The van der Waals surface area contributed by atoms with Gasteiger partial charge in [-0.15, -0.1) is 0 Å². The molecule has 1 aliphatic heterocycles. The summed E-state index contributed by atoms with van der Waals surface area (Å²) in [5.74, 6) is -0.292. The lowest BCUT2D eigenvalue weighted by Gasteiger charge is -2.16. The Morgan fingerprint density at radius 1 is 1.25 bits per heavy atom. The Balaban J connectivity index is 2.05. The molecule has 1 heterocycles. The Hall–Kier alpha value is -0.930. The van der Waals surface area contributed by atoms with Gasteiger partial charge in [-0.3, -0.25) is 0 Å². The fourth-order valence-electron chi connectivity index (χ4n) is 1.91. The van der Waals surface area contributed by atoms with Crippen LogP contribution in [-0.2, 0) is 4.74 Å². The van der Waals surface area contributed by atoms with E-state index < -0.39 is 6.10 Å². The Kier molecular flexibility index (Phi) is 2.76. The van der Waals surface area contributed by atoms with E-state index >= 15 is 0 Å². The molecule has 3 heteroatoms. The topological polar surface area (TPSA) is 32.8 Å². The van der Waals surface area contributed by atoms with Gasteiger partial charge in [0.1, 0.15) is 18.0 Å². The molecule has 1 aliphatic rings. The van der Waals surface area contributed by atoms with E-state index in [-0.39, 0.29) is 23.4 Å². The van der Waals surface area contributed by atoms with Crippen LogP contribution in [-0.4, -0.2) is 17.3 Å². The van der Waals surface area contributed by atoms with Crippen LogP contribution in [0.5, 0.6) is 0 Å². The predicted molar refractivity (Wildman–Crippen MR) is 59.5 cm³/mol. The fourth-order valence-corrected chi connectivity index (χ4v) is 1.91. The van der Waals surface area contributed by atoms with Gasteiger partial charge in [0.15, 0.2) is 0 Å². The average Bonchev–Trinajstić information content (AvgIpc) is 2.96. The van der Waals surface area contributed by atoms with Crippen LogP contribution in [0.2, 0.25) is 0 Å². The first-order valence-corrected chi connectivity index (χ1v) is 5.48. The molecule has 2 rings (SSSR count). The second-order valence-electron chi connectivity index (χ2n) is 5.38. The minimum Gasteiger partial charge on any atom is -0.386 e. The van der Waals surface area contributed by atoms with Gasteiger partial charge < -0.3 is 9.84 Å². The molecule has 0 radical (unpaired) electrons. The molecule has 88 valence electrons. The Labute approximate surface area is 95.1 Å². The van der Waals surface area contributed by atoms with Gasteiger partial charge in [0.2, 0.25) is 0 Å². The maximum absolute atomic E-state index is 12.7. The van der Waals surface area contributed by atoms with E-state index in [1.807, 2.05) is 0 Å². The molecule has 0 amide bonds. The smallest absolute Gasteiger partial charge is 0.123 e. The summed E-state index contributed by atoms with van der Waals surface area (Å²) < 4.78 is 18.2. The van der Waals surface area contributed by atoms with E-state index in [1.54, 1.807) is 12.1 Å². The number of aliphatic hydroxyl groups excluding tert-OH is 1. The molecule has 0 spiro atoms. The summed E-state index contributed by atoms with van der Waals surface area (Å²) in [6, 6.07) is 5.91. The van der Waals surface area contributed by atoms with E-state index in [9.17, 15) is 9.50 Å². The molecule has 0 saturated carbocycles. The number of ether oxygens (including phenoxy) is 1. The van der Waals surface area contributed by atoms with Crippen LogP contribution in [0.25, 0.3) is 0 Å². The molecule has 1 aromatic carbocycles. The molecule has 0 aromatic heterocycles. The van der Waals surface area contributed by atoms with Gasteiger partial charge in [-0.1, -0.05) is 32.9 Å². The Morgan fingerprint density at radius 3 is 2.25 bits per heavy atom. The lowest BCUT2D eigenvalue weighted by Crippen LogP contribution is -2.19. The number of aliphatic hydroxyl groups is 1. The highest BCUT2D eigenvalue weighted by atomic mass is 19.1. The molecule has 1 fully saturated rings. The molecule has 0 aliphatic carbocycles. The Bertz CT molecular complexity index is 367. The highest BCUT2D eigenvalue weighted by Crippen LogP contribution is 2.44. The summed E-state index contributed by atoms with van der Waals surface area (Å²) in [4.78, 5) is 0. The van der Waals surface area contributed by atoms with Crippen molar-refractivity contribution >= 4 is 0 Å². The van der Waals surface area contributed by atoms with Crippen LogP contribution in [0.3, 0.4) is 0 Å². The molecule has 16 heavy (non-hydrogen) atoms. The number of benzene rings is 1. The first-order valence-electron chi connectivity index (χ1n) is 5.48. The Morgan fingerprint density at radius 2 is 1.81 bits per heavy atom. The lowest BCUT2D eigenvalue weighted by atomic mass is 9.88. The number of rotatable bonds is 2. The van der Waals surface area contributed by atoms with E-state index in [1.165, 1.54) is 12.1 Å². The zero-order valence-corrected chi connectivity index (χ0v) is 9.77. The lowest BCUT2D eigenvalue weighted by molar-refractivity contribution is 0.136. The second-order valence-corrected chi connectivity index (χ2v) is 5.38. The highest BCUT2D eigenvalue weighted by Gasteiger charge is 2.51. The minimum absolute atomic E-state index is 0.0334. The van der Waals surface area contributed by atoms with Crippen LogP contribution < -0.4 is 0 Å². The van der Waals surface area contributed by atoms with Crippen molar-refractivity contribution in [2.45, 2.75) is 39.1 Å². The normalized spacial score (nSPS) is 26.6. The summed E-state index contributed by atoms with van der Waals surface area (Å²) in [6.45, 7) is 6.24. The van der Waals surface area contributed by atoms with Crippen molar-refractivity contribution in [1.29, 1.82) is 0 Å². The number of epoxide rings is 1. The van der Waals surface area contributed by atoms with Gasteiger partial charge in [-0.25, -0.2) is 4.39 Å². The van der Waals surface area contributed by atoms with Crippen LogP contribution >= 0.6 is 0 Å². The van der Waals surface area contributed by atoms with E-state index in [0.717, 1.165) is 0 Å². The van der Waals surface area contributed by atoms with E-state index in [2.05, 4.69) is 20.8 Å². The second kappa shape index (κ2) is 3.82. The van der Waals surface area contributed by atoms with Crippen molar-refractivity contribution < 1.29 is 14.2 Å². The van der Waals surface area contributed by atoms with Gasteiger partial charge in [-0.05, 0) is 23.1 Å². The molecule has 3 atom stereocenters. The molecular formula is C13H17FO2. The molecule has 1 N–H and O–H groups in total. The number of hydrogen-bond donors (Lipinski definition) is 1. The van der Waals surface area contributed by atoms with Gasteiger partial charge >= 0.3 is 0 Å². The zero-order valence-electron chi connectivity index (χ0n) is 9.77. The summed E-state index contributed by atoms with van der Waals surface area (Å²) in [5, 5.41) is 10.0. The van der Waals surface area contributed by atoms with Gasteiger partial charge in [-0.2, -0.15) is 0 Å². The molecule has 3 unspecified atom stereocenters. The van der Waals surface area contributed by atoms with E-state index in [0.29, 0.717) is 5.56 Å². The first kappa shape index (κ1) is 11.6. The van der Waals surface area contributed by atoms with Crippen LogP contribution in [0.1, 0.15) is 32.4 Å². The standard InChI is InChI=1S/C13H17FO2/c1-13(2,3)12-11(16-12)10(15)8-4-6-9(14)7-5-8/h4-7,10-12,15H,1-3H3. The third-order valence-electron chi connectivity index (χ3n) is 2.90. The van der Waals surface area contributed by atoms with Crippen molar-refractivity contribution in [1.82, 2.24) is 0 Å². The quantitative estimate of drug-likeness (QED) is 0.783. The summed E-state index contributed by atoms with van der Waals surface area (Å²) in [7, 11) is 0. The number of hydrogen-bond acceptors (Lipinski definition) is 2. The maximum atomic E-state index is 12.7. The summed E-state index contributed by atoms with van der Waals surface area (Å²) in [5.41, 5.74) is 0.740. The average molecular weight is 224 g/mol. The van der Waals surface area contributed by atoms with Gasteiger partial charge in [0, 0.05) is 0 Å². The highest BCUT2D eigenvalue weighted by molar-refractivity contribution is 5.21. The molecule has 2 nitrogen and oxygen atoms in total. The van der Waals surface area contributed by atoms with Crippen molar-refractivity contribution in [2.75, 3.05) is 0 Å². The van der Waals surface area contributed by atoms with E-state index in [4.69, 9.17) is 4.74 Å². The maximum Gasteiger partial charge on any atom is 0.123 e. The van der Waals surface area contributed by atoms with Crippen molar-refractivity contribution in [2.24, 2.45) is 5.41 Å². The molecule has 1 aromatic rings. The van der Waals surface area contributed by atoms with Crippen LogP contribution in [0.15, 0.2) is 24.3 Å². The van der Waals surface area contributed by atoms with Gasteiger partial charge in [0.05, 0.1) is 6.10 Å².